The van der Waals surface area contributed by atoms with Crippen LogP contribution in [-0.4, -0.2) is 43.9 Å². The molecule has 2 rings (SSSR count). The third-order valence-electron chi connectivity index (χ3n) is 3.90. The van der Waals surface area contributed by atoms with Crippen LogP contribution in [0.15, 0.2) is 42.5 Å². The van der Waals surface area contributed by atoms with Crippen molar-refractivity contribution in [1.82, 2.24) is 5.32 Å². The highest BCUT2D eigenvalue weighted by atomic mass is 16.5. The van der Waals surface area contributed by atoms with Crippen molar-refractivity contribution >= 4 is 11.9 Å². The Labute approximate surface area is 157 Å². The first-order valence-electron chi connectivity index (χ1n) is 8.46. The molecule has 0 fully saturated rings. The standard InChI is InChI=1S/C20H23NO6/c1-4-27-20(24)16(11-13-5-8-15(22)9-6-13)21-19(23)14-7-10-17(25-2)18(12-14)26-3/h5-10,12,16,22H,4,11H2,1-3H3,(H,21,23). The number of ether oxygens (including phenoxy) is 3. The van der Waals surface area contributed by atoms with E-state index in [1.54, 1.807) is 31.2 Å². The molecule has 0 heterocycles. The second kappa shape index (κ2) is 9.47. The molecule has 27 heavy (non-hydrogen) atoms. The van der Waals surface area contributed by atoms with Crippen molar-refractivity contribution in [3.8, 4) is 17.2 Å². The molecule has 1 unspecified atom stereocenters. The third-order valence-corrected chi connectivity index (χ3v) is 3.90. The lowest BCUT2D eigenvalue weighted by atomic mass is 10.0. The molecule has 0 aliphatic rings. The van der Waals surface area contributed by atoms with Crippen molar-refractivity contribution < 1.29 is 28.9 Å². The number of methoxy groups -OCH3 is 2. The zero-order chi connectivity index (χ0) is 19.8. The van der Waals surface area contributed by atoms with Crippen LogP contribution in [-0.2, 0) is 16.0 Å². The Morgan fingerprint density at radius 2 is 1.70 bits per heavy atom. The molecule has 0 aliphatic carbocycles. The monoisotopic (exact) mass is 373 g/mol. The molecule has 0 saturated heterocycles. The van der Waals surface area contributed by atoms with Gasteiger partial charge < -0.3 is 24.6 Å². The smallest absolute Gasteiger partial charge is 0.328 e. The first-order valence-corrected chi connectivity index (χ1v) is 8.46. The molecule has 144 valence electrons. The Bertz CT molecular complexity index is 788. The van der Waals surface area contributed by atoms with E-state index < -0.39 is 17.9 Å². The third kappa shape index (κ3) is 5.37. The summed E-state index contributed by atoms with van der Waals surface area (Å²) in [5, 5.41) is 12.1. The van der Waals surface area contributed by atoms with E-state index in [1.165, 1.54) is 32.4 Å². The van der Waals surface area contributed by atoms with Crippen molar-refractivity contribution in [2.75, 3.05) is 20.8 Å². The van der Waals surface area contributed by atoms with Crippen molar-refractivity contribution in [1.29, 1.82) is 0 Å². The molecule has 2 N–H and O–H groups in total. The maximum Gasteiger partial charge on any atom is 0.328 e. The number of phenols is 1. The number of phenolic OH excluding ortho intramolecular Hbond substituents is 1. The Morgan fingerprint density at radius 1 is 1.04 bits per heavy atom. The molecule has 2 aromatic rings. The van der Waals surface area contributed by atoms with Crippen LogP contribution in [0.5, 0.6) is 17.2 Å². The molecule has 1 amide bonds. The van der Waals surface area contributed by atoms with Gasteiger partial charge >= 0.3 is 5.97 Å². The van der Waals surface area contributed by atoms with Gasteiger partial charge in [0.2, 0.25) is 0 Å². The number of rotatable bonds is 8. The highest BCUT2D eigenvalue weighted by Crippen LogP contribution is 2.27. The van der Waals surface area contributed by atoms with E-state index in [0.717, 1.165) is 5.56 Å². The lowest BCUT2D eigenvalue weighted by Crippen LogP contribution is -2.43. The number of carbonyl (C=O) groups excluding carboxylic acids is 2. The molecular formula is C20H23NO6. The number of esters is 1. The summed E-state index contributed by atoms with van der Waals surface area (Å²) in [4.78, 5) is 24.9. The largest absolute Gasteiger partial charge is 0.508 e. The molecule has 2 aromatic carbocycles. The van der Waals surface area contributed by atoms with Gasteiger partial charge in [0, 0.05) is 12.0 Å². The Hall–Kier alpha value is -3.22. The average molecular weight is 373 g/mol. The Morgan fingerprint density at radius 3 is 2.30 bits per heavy atom. The number of carbonyl (C=O) groups is 2. The summed E-state index contributed by atoms with van der Waals surface area (Å²) in [5.74, 6) is 0.0736. The van der Waals surface area contributed by atoms with Crippen molar-refractivity contribution in [2.45, 2.75) is 19.4 Å². The molecule has 0 saturated carbocycles. The molecular weight excluding hydrogens is 350 g/mol. The number of nitrogens with one attached hydrogen (secondary N) is 1. The Kier molecular flexibility index (Phi) is 7.05. The second-order valence-corrected chi connectivity index (χ2v) is 5.72. The van der Waals surface area contributed by atoms with Gasteiger partial charge in [-0.2, -0.15) is 0 Å². The van der Waals surface area contributed by atoms with E-state index >= 15 is 0 Å². The van der Waals surface area contributed by atoms with E-state index in [2.05, 4.69) is 5.32 Å². The van der Waals surface area contributed by atoms with E-state index in [4.69, 9.17) is 14.2 Å². The second-order valence-electron chi connectivity index (χ2n) is 5.72. The van der Waals surface area contributed by atoms with Crippen molar-refractivity contribution in [2.24, 2.45) is 0 Å². The van der Waals surface area contributed by atoms with E-state index in [1.807, 2.05) is 0 Å². The topological polar surface area (TPSA) is 94.1 Å². The van der Waals surface area contributed by atoms with Gasteiger partial charge in [-0.25, -0.2) is 4.79 Å². The highest BCUT2D eigenvalue weighted by Gasteiger charge is 2.23. The summed E-state index contributed by atoms with van der Waals surface area (Å²) >= 11 is 0. The van der Waals surface area contributed by atoms with Crippen molar-refractivity contribution in [3.05, 3.63) is 53.6 Å². The van der Waals surface area contributed by atoms with Crippen LogP contribution < -0.4 is 14.8 Å². The molecule has 0 aliphatic heterocycles. The fourth-order valence-electron chi connectivity index (χ4n) is 2.52. The van der Waals surface area contributed by atoms with Gasteiger partial charge in [0.1, 0.15) is 11.8 Å². The predicted octanol–water partition coefficient (Wildman–Crippen LogP) is 2.31. The van der Waals surface area contributed by atoms with Crippen LogP contribution in [0.2, 0.25) is 0 Å². The number of hydrogen-bond donors (Lipinski definition) is 2. The van der Waals surface area contributed by atoms with Crippen LogP contribution in [0.25, 0.3) is 0 Å². The predicted molar refractivity (Wildman–Crippen MR) is 99.2 cm³/mol. The van der Waals surface area contributed by atoms with Gasteiger partial charge in [-0.3, -0.25) is 4.79 Å². The van der Waals surface area contributed by atoms with Crippen molar-refractivity contribution in [3.63, 3.8) is 0 Å². The minimum absolute atomic E-state index is 0.126. The van der Waals surface area contributed by atoms with Gasteiger partial charge in [0.15, 0.2) is 11.5 Å². The quantitative estimate of drug-likeness (QED) is 0.690. The zero-order valence-corrected chi connectivity index (χ0v) is 15.5. The molecule has 0 spiro atoms. The minimum Gasteiger partial charge on any atom is -0.508 e. The fourth-order valence-corrected chi connectivity index (χ4v) is 2.52. The molecule has 0 radical (unpaired) electrons. The lowest BCUT2D eigenvalue weighted by molar-refractivity contribution is -0.145. The SMILES string of the molecule is CCOC(=O)C(Cc1ccc(O)cc1)NC(=O)c1ccc(OC)c(OC)c1. The van der Waals surface area contributed by atoms with E-state index in [-0.39, 0.29) is 18.8 Å². The van der Waals surface area contributed by atoms with Gasteiger partial charge in [-0.15, -0.1) is 0 Å². The molecule has 0 bridgehead atoms. The van der Waals surface area contributed by atoms with Crippen LogP contribution in [0.1, 0.15) is 22.8 Å². The normalized spacial score (nSPS) is 11.4. The zero-order valence-electron chi connectivity index (χ0n) is 15.5. The number of amides is 1. The maximum absolute atomic E-state index is 12.6. The molecule has 7 heteroatoms. The molecule has 1 atom stereocenters. The summed E-state index contributed by atoms with van der Waals surface area (Å²) in [6, 6.07) is 10.3. The van der Waals surface area contributed by atoms with Gasteiger partial charge in [-0.05, 0) is 42.8 Å². The highest BCUT2D eigenvalue weighted by molar-refractivity contribution is 5.97. The summed E-state index contributed by atoms with van der Waals surface area (Å²) in [5.41, 5.74) is 1.10. The summed E-state index contributed by atoms with van der Waals surface area (Å²) in [7, 11) is 2.98. The van der Waals surface area contributed by atoms with Crippen LogP contribution >= 0.6 is 0 Å². The Balaban J connectivity index is 2.19. The molecule has 0 aromatic heterocycles. The minimum atomic E-state index is -0.866. The maximum atomic E-state index is 12.6. The van der Waals surface area contributed by atoms with Crippen LogP contribution in [0, 0.1) is 0 Å². The van der Waals surface area contributed by atoms with Crippen LogP contribution in [0.4, 0.5) is 0 Å². The van der Waals surface area contributed by atoms with E-state index in [9.17, 15) is 14.7 Å². The van der Waals surface area contributed by atoms with Crippen LogP contribution in [0.3, 0.4) is 0 Å². The number of hydrogen-bond acceptors (Lipinski definition) is 6. The summed E-state index contributed by atoms with van der Waals surface area (Å²) in [6.07, 6.45) is 0.234. The number of aromatic hydroxyl groups is 1. The first kappa shape index (κ1) is 20.1. The average Bonchev–Trinajstić information content (AvgIpc) is 2.68. The summed E-state index contributed by atoms with van der Waals surface area (Å²) in [6.45, 7) is 1.91. The molecule has 7 nitrogen and oxygen atoms in total. The van der Waals surface area contributed by atoms with Gasteiger partial charge in [-0.1, -0.05) is 12.1 Å². The summed E-state index contributed by atoms with van der Waals surface area (Å²) < 4.78 is 15.4. The van der Waals surface area contributed by atoms with Gasteiger partial charge in [0.25, 0.3) is 5.91 Å². The first-order chi connectivity index (χ1) is 13.0. The number of benzene rings is 2. The van der Waals surface area contributed by atoms with Gasteiger partial charge in [0.05, 0.1) is 20.8 Å². The fraction of sp³-hybridized carbons (Fsp3) is 0.300. The lowest BCUT2D eigenvalue weighted by Gasteiger charge is -2.18. The van der Waals surface area contributed by atoms with E-state index in [0.29, 0.717) is 17.1 Å².